The molecular weight excluding hydrogens is 323 g/mol. The summed E-state index contributed by atoms with van der Waals surface area (Å²) >= 11 is 0. The van der Waals surface area contributed by atoms with Gasteiger partial charge in [-0.2, -0.15) is 0 Å². The highest BCUT2D eigenvalue weighted by atomic mass is 19.1. The Balaban J connectivity index is 1.86. The van der Waals surface area contributed by atoms with E-state index in [-0.39, 0.29) is 11.5 Å². The summed E-state index contributed by atoms with van der Waals surface area (Å²) in [6.07, 6.45) is 0.237. The van der Waals surface area contributed by atoms with E-state index in [0.29, 0.717) is 23.7 Å². The Morgan fingerprint density at radius 2 is 2.04 bits per heavy atom. The first-order valence-electron chi connectivity index (χ1n) is 8.19. The van der Waals surface area contributed by atoms with Gasteiger partial charge in [0, 0.05) is 18.3 Å². The molecule has 1 aliphatic heterocycles. The lowest BCUT2D eigenvalue weighted by molar-refractivity contribution is -0.125. The molecule has 0 aromatic heterocycles. The molecule has 3 rings (SSSR count). The van der Waals surface area contributed by atoms with Crippen LogP contribution in [0.4, 0.5) is 15.8 Å². The molecule has 5 nitrogen and oxygen atoms in total. The zero-order chi connectivity index (χ0) is 18.0. The summed E-state index contributed by atoms with van der Waals surface area (Å²) < 4.78 is 19.4. The molecule has 0 radical (unpaired) electrons. The molecule has 2 aromatic rings. The van der Waals surface area contributed by atoms with Crippen molar-refractivity contribution in [2.75, 3.05) is 16.8 Å². The first kappa shape index (κ1) is 17.0. The van der Waals surface area contributed by atoms with Gasteiger partial charge in [0.15, 0.2) is 6.10 Å². The molecule has 25 heavy (non-hydrogen) atoms. The van der Waals surface area contributed by atoms with E-state index >= 15 is 0 Å². The van der Waals surface area contributed by atoms with Crippen molar-refractivity contribution in [1.29, 1.82) is 0 Å². The normalized spacial score (nSPS) is 16.2. The molecule has 0 saturated carbocycles. The van der Waals surface area contributed by atoms with Crippen molar-refractivity contribution in [3.05, 3.63) is 53.8 Å². The number of ether oxygens (including phenoxy) is 1. The fourth-order valence-corrected chi connectivity index (χ4v) is 2.79. The highest BCUT2D eigenvalue weighted by molar-refractivity contribution is 6.05. The minimum absolute atomic E-state index is 0.0303. The van der Waals surface area contributed by atoms with Crippen molar-refractivity contribution in [3.8, 4) is 5.75 Å². The van der Waals surface area contributed by atoms with Crippen molar-refractivity contribution < 1.29 is 18.7 Å². The van der Waals surface area contributed by atoms with Crippen molar-refractivity contribution in [3.63, 3.8) is 0 Å². The van der Waals surface area contributed by atoms with Gasteiger partial charge in [0.05, 0.1) is 11.3 Å². The Hall–Kier alpha value is -2.89. The van der Waals surface area contributed by atoms with Crippen LogP contribution in [0.1, 0.15) is 30.6 Å². The van der Waals surface area contributed by atoms with Gasteiger partial charge in [-0.05, 0) is 37.6 Å². The lowest BCUT2D eigenvalue weighted by Gasteiger charge is -2.33. The van der Waals surface area contributed by atoms with E-state index in [4.69, 9.17) is 4.74 Å². The van der Waals surface area contributed by atoms with Gasteiger partial charge in [-0.25, -0.2) is 4.39 Å². The predicted molar refractivity (Wildman–Crippen MR) is 93.5 cm³/mol. The van der Waals surface area contributed by atoms with Gasteiger partial charge in [0.1, 0.15) is 11.6 Å². The zero-order valence-corrected chi connectivity index (χ0v) is 14.1. The van der Waals surface area contributed by atoms with E-state index in [1.54, 1.807) is 36.1 Å². The summed E-state index contributed by atoms with van der Waals surface area (Å²) in [5.74, 6) is -0.685. The molecule has 0 aliphatic carbocycles. The largest absolute Gasteiger partial charge is 0.479 e. The summed E-state index contributed by atoms with van der Waals surface area (Å²) in [6.45, 7) is 4.29. The lowest BCUT2D eigenvalue weighted by Crippen LogP contribution is -2.44. The fraction of sp³-hybridized carbons (Fsp3) is 0.263. The summed E-state index contributed by atoms with van der Waals surface area (Å²) in [7, 11) is 0. The first-order chi connectivity index (χ1) is 12.0. The van der Waals surface area contributed by atoms with Crippen LogP contribution in [0.2, 0.25) is 0 Å². The minimum atomic E-state index is -0.587. The van der Waals surface area contributed by atoms with E-state index in [1.165, 1.54) is 18.2 Å². The number of benzene rings is 2. The van der Waals surface area contributed by atoms with Crippen LogP contribution >= 0.6 is 0 Å². The number of halogens is 1. The molecular formula is C19H19FN2O3. The van der Waals surface area contributed by atoms with Crippen molar-refractivity contribution in [2.24, 2.45) is 0 Å². The smallest absolute Gasteiger partial charge is 0.267 e. The van der Waals surface area contributed by atoms with Crippen molar-refractivity contribution in [1.82, 2.24) is 0 Å². The van der Waals surface area contributed by atoms with E-state index < -0.39 is 17.8 Å². The molecule has 6 heteroatoms. The number of hydrogen-bond donors (Lipinski definition) is 1. The Morgan fingerprint density at radius 1 is 1.28 bits per heavy atom. The highest BCUT2D eigenvalue weighted by Crippen LogP contribution is 2.36. The third-order valence-corrected chi connectivity index (χ3v) is 3.99. The second-order valence-electron chi connectivity index (χ2n) is 5.87. The van der Waals surface area contributed by atoms with Crippen molar-refractivity contribution in [2.45, 2.75) is 26.4 Å². The molecule has 0 fully saturated rings. The summed E-state index contributed by atoms with van der Waals surface area (Å²) in [5.41, 5.74) is 1.12. The average Bonchev–Trinajstić information content (AvgIpc) is 2.59. The average molecular weight is 342 g/mol. The van der Waals surface area contributed by atoms with Crippen LogP contribution in [-0.2, 0) is 4.79 Å². The van der Waals surface area contributed by atoms with Crippen LogP contribution < -0.4 is 15.0 Å². The maximum absolute atomic E-state index is 13.7. The quantitative estimate of drug-likeness (QED) is 0.923. The second-order valence-corrected chi connectivity index (χ2v) is 5.87. The lowest BCUT2D eigenvalue weighted by atomic mass is 10.1. The standard InChI is InChI=1S/C19H19FN2O3/c1-3-10-22-16-9-8-13(11-17(16)25-12(2)19(22)24)21-18(23)14-6-4-5-7-15(14)20/h4-9,11-12H,3,10H2,1-2H3,(H,21,23). The van der Waals surface area contributed by atoms with Crippen molar-refractivity contribution >= 4 is 23.2 Å². The van der Waals surface area contributed by atoms with Crippen LogP contribution in [0.5, 0.6) is 5.75 Å². The molecule has 1 unspecified atom stereocenters. The van der Waals surface area contributed by atoms with Gasteiger partial charge < -0.3 is 15.0 Å². The molecule has 0 saturated heterocycles. The van der Waals surface area contributed by atoms with Crippen LogP contribution in [-0.4, -0.2) is 24.5 Å². The van der Waals surface area contributed by atoms with E-state index in [0.717, 1.165) is 6.42 Å². The maximum atomic E-state index is 13.7. The number of carbonyl (C=O) groups excluding carboxylic acids is 2. The molecule has 1 atom stereocenters. The highest BCUT2D eigenvalue weighted by Gasteiger charge is 2.31. The number of fused-ring (bicyclic) bond motifs is 1. The Morgan fingerprint density at radius 3 is 2.76 bits per heavy atom. The SMILES string of the molecule is CCCN1C(=O)C(C)Oc2cc(NC(=O)c3ccccc3F)ccc21. The molecule has 1 N–H and O–H groups in total. The second kappa shape index (κ2) is 6.93. The molecule has 2 amide bonds. The number of hydrogen-bond acceptors (Lipinski definition) is 3. The topological polar surface area (TPSA) is 58.6 Å². The maximum Gasteiger partial charge on any atom is 0.267 e. The fourth-order valence-electron chi connectivity index (χ4n) is 2.79. The number of carbonyl (C=O) groups is 2. The Bertz CT molecular complexity index is 822. The Kier molecular flexibility index (Phi) is 4.70. The summed E-state index contributed by atoms with van der Waals surface area (Å²) in [6, 6.07) is 10.8. The number of rotatable bonds is 4. The zero-order valence-electron chi connectivity index (χ0n) is 14.1. The van der Waals surface area contributed by atoms with Gasteiger partial charge in [-0.15, -0.1) is 0 Å². The Labute approximate surface area is 145 Å². The molecule has 1 heterocycles. The predicted octanol–water partition coefficient (Wildman–Crippen LogP) is 3.60. The molecule has 0 spiro atoms. The molecule has 2 aromatic carbocycles. The van der Waals surface area contributed by atoms with Crippen LogP contribution in [0, 0.1) is 5.82 Å². The number of anilines is 2. The number of nitrogens with zero attached hydrogens (tertiary/aromatic N) is 1. The van der Waals surface area contributed by atoms with E-state index in [1.807, 2.05) is 6.92 Å². The van der Waals surface area contributed by atoms with Crippen LogP contribution in [0.15, 0.2) is 42.5 Å². The van der Waals surface area contributed by atoms with Crippen LogP contribution in [0.3, 0.4) is 0 Å². The number of amides is 2. The first-order valence-corrected chi connectivity index (χ1v) is 8.19. The van der Waals surface area contributed by atoms with E-state index in [2.05, 4.69) is 5.32 Å². The van der Waals surface area contributed by atoms with Gasteiger partial charge in [-0.3, -0.25) is 9.59 Å². The third-order valence-electron chi connectivity index (χ3n) is 3.99. The summed E-state index contributed by atoms with van der Waals surface area (Å²) in [5, 5.41) is 2.66. The van der Waals surface area contributed by atoms with Crippen LogP contribution in [0.25, 0.3) is 0 Å². The van der Waals surface area contributed by atoms with Gasteiger partial charge in [0.25, 0.3) is 11.8 Å². The van der Waals surface area contributed by atoms with E-state index in [9.17, 15) is 14.0 Å². The monoisotopic (exact) mass is 342 g/mol. The number of nitrogens with one attached hydrogen (secondary N) is 1. The van der Waals surface area contributed by atoms with Gasteiger partial charge >= 0.3 is 0 Å². The van der Waals surface area contributed by atoms with Gasteiger partial charge in [0.2, 0.25) is 0 Å². The third kappa shape index (κ3) is 3.33. The molecule has 0 bridgehead atoms. The molecule has 1 aliphatic rings. The summed E-state index contributed by atoms with van der Waals surface area (Å²) in [4.78, 5) is 26.2. The minimum Gasteiger partial charge on any atom is -0.479 e. The van der Waals surface area contributed by atoms with Gasteiger partial charge in [-0.1, -0.05) is 19.1 Å². The molecule has 130 valence electrons.